The quantitative estimate of drug-likeness (QED) is 0.130. The second-order valence-corrected chi connectivity index (χ2v) is 10.6. The van der Waals surface area contributed by atoms with Crippen LogP contribution in [0.4, 0.5) is 11.4 Å². The van der Waals surface area contributed by atoms with Gasteiger partial charge in [0.25, 0.3) is 5.91 Å². The van der Waals surface area contributed by atoms with Crippen molar-refractivity contribution in [2.45, 2.75) is 17.1 Å². The lowest BCUT2D eigenvalue weighted by molar-refractivity contribution is -0.115. The van der Waals surface area contributed by atoms with Crippen molar-refractivity contribution < 1.29 is 29.0 Å². The van der Waals surface area contributed by atoms with E-state index in [0.29, 0.717) is 27.8 Å². The number of nitrogens with one attached hydrogen (secondary N) is 2. The number of hydrogen-bond donors (Lipinski definition) is 3. The SMILES string of the molecule is COc1cc(NC(=O)C(C)Sc2cccc(NC(=O)c3c(Cl)c(Cl)c(Cl)c(Cl)c3C(=O)O)c2)cc(OC)c1. The molecule has 0 aliphatic carbocycles. The third-order valence-corrected chi connectivity index (χ3v) is 8.00. The van der Waals surface area contributed by atoms with E-state index in [4.69, 9.17) is 55.9 Å². The number of carboxylic acid groups (broad SMARTS) is 1. The average Bonchev–Trinajstić information content (AvgIpc) is 2.88. The molecular weight excluding hydrogens is 598 g/mol. The first-order valence-electron chi connectivity index (χ1n) is 10.7. The second-order valence-electron chi connectivity index (χ2n) is 7.64. The van der Waals surface area contributed by atoms with E-state index in [1.54, 1.807) is 49.4 Å². The molecule has 0 fully saturated rings. The fraction of sp³-hybridized carbons (Fsp3) is 0.160. The highest BCUT2D eigenvalue weighted by Gasteiger charge is 2.29. The normalized spacial score (nSPS) is 11.4. The molecule has 3 aromatic carbocycles. The number of aromatic carboxylic acids is 1. The van der Waals surface area contributed by atoms with Crippen LogP contribution in [0.25, 0.3) is 0 Å². The fourth-order valence-electron chi connectivity index (χ4n) is 3.27. The summed E-state index contributed by atoms with van der Waals surface area (Å²) < 4.78 is 10.5. The summed E-state index contributed by atoms with van der Waals surface area (Å²) in [5.74, 6) is -1.58. The van der Waals surface area contributed by atoms with Gasteiger partial charge in [0.15, 0.2) is 0 Å². The monoisotopic (exact) mass is 616 g/mol. The largest absolute Gasteiger partial charge is 0.497 e. The first-order valence-corrected chi connectivity index (χ1v) is 13.1. The Morgan fingerprint density at radius 3 is 1.95 bits per heavy atom. The van der Waals surface area contributed by atoms with Gasteiger partial charge in [0.1, 0.15) is 11.5 Å². The van der Waals surface area contributed by atoms with Gasteiger partial charge < -0.3 is 25.2 Å². The summed E-state index contributed by atoms with van der Waals surface area (Å²) in [5, 5.41) is 13.2. The molecule has 3 N–H and O–H groups in total. The third kappa shape index (κ3) is 6.78. The molecule has 2 amide bonds. The van der Waals surface area contributed by atoms with Gasteiger partial charge in [-0.25, -0.2) is 4.79 Å². The molecule has 8 nitrogen and oxygen atoms in total. The van der Waals surface area contributed by atoms with Gasteiger partial charge in [0, 0.05) is 34.5 Å². The van der Waals surface area contributed by atoms with Crippen molar-refractivity contribution in [2.24, 2.45) is 0 Å². The lowest BCUT2D eigenvalue weighted by Gasteiger charge is -2.15. The molecule has 3 rings (SSSR count). The minimum Gasteiger partial charge on any atom is -0.497 e. The lowest BCUT2D eigenvalue weighted by atomic mass is 10.1. The number of rotatable bonds is 9. The number of thioether (sulfide) groups is 1. The summed E-state index contributed by atoms with van der Waals surface area (Å²) in [6, 6.07) is 11.6. The summed E-state index contributed by atoms with van der Waals surface area (Å²) >= 11 is 25.4. The number of carbonyl (C=O) groups is 3. The molecule has 0 aliphatic heterocycles. The number of amides is 2. The highest BCUT2D eigenvalue weighted by Crippen LogP contribution is 2.42. The van der Waals surface area contributed by atoms with Gasteiger partial charge >= 0.3 is 5.97 Å². The average molecular weight is 618 g/mol. The molecular formula is C25H20Cl4N2O6S. The van der Waals surface area contributed by atoms with E-state index in [1.807, 2.05) is 0 Å². The van der Waals surface area contributed by atoms with Crippen LogP contribution in [0, 0.1) is 0 Å². The van der Waals surface area contributed by atoms with Gasteiger partial charge in [-0.3, -0.25) is 9.59 Å². The van der Waals surface area contributed by atoms with Gasteiger partial charge in [-0.15, -0.1) is 11.8 Å². The zero-order valence-corrected chi connectivity index (χ0v) is 23.9. The molecule has 0 aliphatic rings. The van der Waals surface area contributed by atoms with Crippen LogP contribution in [-0.4, -0.2) is 42.4 Å². The Balaban J connectivity index is 1.77. The Labute approximate surface area is 242 Å². The van der Waals surface area contributed by atoms with Crippen molar-refractivity contribution in [3.63, 3.8) is 0 Å². The zero-order chi connectivity index (χ0) is 28.1. The van der Waals surface area contributed by atoms with Crippen molar-refractivity contribution in [1.82, 2.24) is 0 Å². The number of hydrogen-bond acceptors (Lipinski definition) is 6. The summed E-state index contributed by atoms with van der Waals surface area (Å²) in [6.07, 6.45) is 0. The van der Waals surface area contributed by atoms with Crippen LogP contribution in [0.5, 0.6) is 11.5 Å². The second kappa shape index (κ2) is 12.8. The van der Waals surface area contributed by atoms with Crippen LogP contribution >= 0.6 is 58.2 Å². The van der Waals surface area contributed by atoms with Crippen molar-refractivity contribution in [3.8, 4) is 11.5 Å². The maximum absolute atomic E-state index is 13.0. The van der Waals surface area contributed by atoms with E-state index in [2.05, 4.69) is 10.6 Å². The summed E-state index contributed by atoms with van der Waals surface area (Å²) in [6.45, 7) is 1.72. The van der Waals surface area contributed by atoms with E-state index >= 15 is 0 Å². The molecule has 0 saturated heterocycles. The molecule has 200 valence electrons. The molecule has 13 heteroatoms. The van der Waals surface area contributed by atoms with Crippen LogP contribution in [0.15, 0.2) is 47.4 Å². The summed E-state index contributed by atoms with van der Waals surface area (Å²) in [5.41, 5.74) is -0.183. The van der Waals surface area contributed by atoms with Gasteiger partial charge in [0.2, 0.25) is 5.91 Å². The summed E-state index contributed by atoms with van der Waals surface area (Å²) in [4.78, 5) is 38.3. The Kier molecular flexibility index (Phi) is 10.0. The number of anilines is 2. The highest BCUT2D eigenvalue weighted by molar-refractivity contribution is 8.00. The Hall–Kier alpha value is -2.82. The van der Waals surface area contributed by atoms with Crippen LogP contribution in [0.3, 0.4) is 0 Å². The first kappa shape index (κ1) is 29.7. The number of methoxy groups -OCH3 is 2. The number of carbonyl (C=O) groups excluding carboxylic acids is 2. The van der Waals surface area contributed by atoms with Crippen molar-refractivity contribution in [3.05, 3.63) is 73.7 Å². The number of halogens is 4. The first-order chi connectivity index (χ1) is 18.0. The van der Waals surface area contributed by atoms with Crippen molar-refractivity contribution in [2.75, 3.05) is 24.9 Å². The highest BCUT2D eigenvalue weighted by atomic mass is 35.5. The van der Waals surface area contributed by atoms with Gasteiger partial charge in [-0.05, 0) is 25.1 Å². The molecule has 0 spiro atoms. The predicted octanol–water partition coefficient (Wildman–Crippen LogP) is 7.39. The molecule has 0 aromatic heterocycles. The van der Waals surface area contributed by atoms with Crippen molar-refractivity contribution in [1.29, 1.82) is 0 Å². The van der Waals surface area contributed by atoms with Crippen LogP contribution in [-0.2, 0) is 4.79 Å². The maximum Gasteiger partial charge on any atom is 0.338 e. The number of carboxylic acids is 1. The van der Waals surface area contributed by atoms with Gasteiger partial charge in [-0.1, -0.05) is 52.5 Å². The van der Waals surface area contributed by atoms with Gasteiger partial charge in [0.05, 0.1) is 50.7 Å². The van der Waals surface area contributed by atoms with Gasteiger partial charge in [-0.2, -0.15) is 0 Å². The number of ether oxygens (including phenoxy) is 2. The maximum atomic E-state index is 13.0. The van der Waals surface area contributed by atoms with E-state index in [1.165, 1.54) is 26.0 Å². The smallest absolute Gasteiger partial charge is 0.338 e. The molecule has 0 heterocycles. The van der Waals surface area contributed by atoms with E-state index in [-0.39, 0.29) is 21.0 Å². The van der Waals surface area contributed by atoms with Crippen LogP contribution < -0.4 is 20.1 Å². The molecule has 1 unspecified atom stereocenters. The summed E-state index contributed by atoms with van der Waals surface area (Å²) in [7, 11) is 3.02. The molecule has 0 radical (unpaired) electrons. The van der Waals surface area contributed by atoms with Crippen LogP contribution in [0.1, 0.15) is 27.6 Å². The third-order valence-electron chi connectivity index (χ3n) is 5.10. The molecule has 0 saturated carbocycles. The topological polar surface area (TPSA) is 114 Å². The van der Waals surface area contributed by atoms with Crippen LogP contribution in [0.2, 0.25) is 20.1 Å². The Morgan fingerprint density at radius 2 is 1.39 bits per heavy atom. The van der Waals surface area contributed by atoms with Crippen molar-refractivity contribution >= 4 is 87.3 Å². The minimum absolute atomic E-state index is 0.244. The minimum atomic E-state index is -1.50. The van der Waals surface area contributed by atoms with E-state index in [9.17, 15) is 19.5 Å². The fourth-order valence-corrected chi connectivity index (χ4v) is 5.21. The predicted molar refractivity (Wildman–Crippen MR) is 151 cm³/mol. The number of benzene rings is 3. The zero-order valence-electron chi connectivity index (χ0n) is 20.0. The molecule has 0 bridgehead atoms. The molecule has 1 atom stereocenters. The van der Waals surface area contributed by atoms with E-state index < -0.39 is 33.3 Å². The lowest BCUT2D eigenvalue weighted by Crippen LogP contribution is -2.22. The Morgan fingerprint density at radius 1 is 0.816 bits per heavy atom. The Bertz CT molecular complexity index is 1400. The van der Waals surface area contributed by atoms with E-state index in [0.717, 1.165) is 0 Å². The molecule has 38 heavy (non-hydrogen) atoms. The standard InChI is InChI=1S/C25H20Cl4N2O6S/c1-11(23(32)31-13-7-14(36-2)10-15(8-13)37-3)38-16-6-4-5-12(9-16)30-24(33)17-18(25(34)35)20(27)22(29)21(28)19(17)26/h4-11H,1-3H3,(H,30,33)(H,31,32)(H,34,35). The molecule has 3 aromatic rings.